The van der Waals surface area contributed by atoms with Crippen molar-refractivity contribution in [3.05, 3.63) is 10.4 Å². The fourth-order valence-corrected chi connectivity index (χ4v) is 3.62. The van der Waals surface area contributed by atoms with Crippen molar-refractivity contribution in [3.8, 4) is 0 Å². The molecule has 0 aromatic carbocycles. The molecule has 4 atom stereocenters. The summed E-state index contributed by atoms with van der Waals surface area (Å²) in [6.45, 7) is 0. The second-order valence-corrected chi connectivity index (χ2v) is 4.95. The van der Waals surface area contributed by atoms with E-state index in [1.54, 1.807) is 14.1 Å². The lowest BCUT2D eigenvalue weighted by atomic mass is 9.64. The molecule has 0 heterocycles. The summed E-state index contributed by atoms with van der Waals surface area (Å²) in [6.07, 6.45) is 4.66. The highest BCUT2D eigenvalue weighted by Crippen LogP contribution is 2.39. The van der Waals surface area contributed by atoms with Gasteiger partial charge >= 0.3 is 0 Å². The molecular weight excluding hydrogens is 180 g/mol. The predicted molar refractivity (Wildman–Crippen MR) is 53.5 cm³/mol. The average molecular weight is 200 g/mol. The first-order valence-electron chi connectivity index (χ1n) is 5.62. The Morgan fingerprint density at radius 1 is 0.786 bits per heavy atom. The van der Waals surface area contributed by atoms with Gasteiger partial charge in [-0.3, -0.25) is 0 Å². The van der Waals surface area contributed by atoms with Gasteiger partial charge in [-0.2, -0.15) is 0 Å². The summed E-state index contributed by atoms with van der Waals surface area (Å²) < 4.78 is 0. The summed E-state index contributed by atoms with van der Waals surface area (Å²) in [6, 6.07) is 0.111. The van der Waals surface area contributed by atoms with Crippen LogP contribution in [0.5, 0.6) is 0 Å². The van der Waals surface area contributed by atoms with Gasteiger partial charge in [0.05, 0.1) is 14.1 Å². The molecule has 0 aliphatic heterocycles. The van der Waals surface area contributed by atoms with E-state index in [0.717, 1.165) is 0 Å². The van der Waals surface area contributed by atoms with E-state index in [-0.39, 0.29) is 22.2 Å². The molecule has 0 radical (unpaired) electrons. The number of nitrogens with one attached hydrogen (secondary N) is 2. The molecule has 82 valence electrons. The summed E-state index contributed by atoms with van der Waals surface area (Å²) in [5.74, 6) is 1.01. The number of hydrogen-bond acceptors (Lipinski definition) is 2. The Morgan fingerprint density at radius 2 is 1.07 bits per heavy atom. The van der Waals surface area contributed by atoms with Gasteiger partial charge in [0.2, 0.25) is 0 Å². The Bertz CT molecular complexity index is 178. The van der Waals surface area contributed by atoms with Crippen LogP contribution in [0.15, 0.2) is 0 Å². The maximum Gasteiger partial charge on any atom is 0.143 e. The van der Waals surface area contributed by atoms with Crippen LogP contribution in [0.4, 0.5) is 0 Å². The molecule has 3 aliphatic rings. The third kappa shape index (κ3) is 1.56. The zero-order chi connectivity index (χ0) is 10.3. The van der Waals surface area contributed by atoms with Gasteiger partial charge in [-0.15, -0.1) is 0 Å². The van der Waals surface area contributed by atoms with Crippen molar-refractivity contribution in [2.75, 3.05) is 14.1 Å². The van der Waals surface area contributed by atoms with E-state index in [2.05, 4.69) is 0 Å². The van der Waals surface area contributed by atoms with Gasteiger partial charge in [-0.25, -0.2) is 0 Å². The lowest BCUT2D eigenvalue weighted by Gasteiger charge is -2.52. The quantitative estimate of drug-likeness (QED) is 0.537. The van der Waals surface area contributed by atoms with Crippen LogP contribution in [-0.2, 0) is 0 Å². The number of quaternary nitrogens is 2. The minimum atomic E-state index is 0.0556. The van der Waals surface area contributed by atoms with Crippen LogP contribution in [0.1, 0.15) is 25.7 Å². The normalized spacial score (nSPS) is 46.3. The fraction of sp³-hybridized carbons (Fsp3) is 1.00. The highest BCUT2D eigenvalue weighted by atomic mass is 16.5. The van der Waals surface area contributed by atoms with Gasteiger partial charge < -0.3 is 20.5 Å². The SMILES string of the molecule is C[NH+]([O-])C1C2CCC(CC2)C1[NH+](C)[O-]. The molecule has 0 spiro atoms. The van der Waals surface area contributed by atoms with Crippen molar-refractivity contribution in [2.24, 2.45) is 11.8 Å². The third-order valence-electron chi connectivity index (χ3n) is 4.16. The Balaban J connectivity index is 2.18. The van der Waals surface area contributed by atoms with E-state index in [4.69, 9.17) is 0 Å². The molecule has 4 nitrogen and oxygen atoms in total. The molecule has 3 saturated carbocycles. The van der Waals surface area contributed by atoms with Gasteiger partial charge in [0.25, 0.3) is 0 Å². The van der Waals surface area contributed by atoms with E-state index in [0.29, 0.717) is 11.8 Å². The molecule has 2 N–H and O–H groups in total. The van der Waals surface area contributed by atoms with Crippen LogP contribution in [0.25, 0.3) is 0 Å². The standard InChI is InChI=1S/C10H20N2O2/c1-11(13)9-7-3-5-8(6-4-7)10(9)12(2)14/h7-12H,3-6H2,1-2H3. The molecule has 0 aromatic heterocycles. The first-order chi connectivity index (χ1) is 6.61. The van der Waals surface area contributed by atoms with Crippen LogP contribution in [0, 0.1) is 22.3 Å². The van der Waals surface area contributed by atoms with Crippen molar-refractivity contribution in [1.82, 2.24) is 0 Å². The number of fused-ring (bicyclic) bond motifs is 3. The highest BCUT2D eigenvalue weighted by Gasteiger charge is 2.49. The number of hydroxylamine groups is 4. The van der Waals surface area contributed by atoms with Crippen LogP contribution >= 0.6 is 0 Å². The van der Waals surface area contributed by atoms with Crippen molar-refractivity contribution in [3.63, 3.8) is 0 Å². The Hall–Kier alpha value is -0.160. The monoisotopic (exact) mass is 200 g/mol. The molecule has 0 aromatic rings. The molecule has 3 fully saturated rings. The molecule has 0 amide bonds. The minimum Gasteiger partial charge on any atom is -0.634 e. The lowest BCUT2D eigenvalue weighted by Crippen LogP contribution is -3.22. The van der Waals surface area contributed by atoms with Gasteiger partial charge in [-0.05, 0) is 25.7 Å². The first kappa shape index (κ1) is 10.4. The summed E-state index contributed by atoms with van der Waals surface area (Å²) in [5, 5.41) is 23.6. The first-order valence-corrected chi connectivity index (χ1v) is 5.62. The van der Waals surface area contributed by atoms with Crippen molar-refractivity contribution in [2.45, 2.75) is 37.8 Å². The lowest BCUT2D eigenvalue weighted by molar-refractivity contribution is -0.941. The largest absolute Gasteiger partial charge is 0.634 e. The molecule has 14 heavy (non-hydrogen) atoms. The highest BCUT2D eigenvalue weighted by molar-refractivity contribution is 4.93. The van der Waals surface area contributed by atoms with Gasteiger partial charge in [0, 0.05) is 11.8 Å². The molecule has 3 rings (SSSR count). The summed E-state index contributed by atoms with van der Waals surface area (Å²) in [5.41, 5.74) is 0. The van der Waals surface area contributed by atoms with Crippen molar-refractivity contribution in [1.29, 1.82) is 0 Å². The molecule has 4 unspecified atom stereocenters. The molecule has 4 heteroatoms. The number of rotatable bonds is 2. The van der Waals surface area contributed by atoms with E-state index in [1.165, 1.54) is 25.7 Å². The fourth-order valence-electron chi connectivity index (χ4n) is 3.62. The van der Waals surface area contributed by atoms with Crippen LogP contribution in [-0.4, -0.2) is 26.2 Å². The minimum absolute atomic E-state index is 0.0556. The number of hydrogen-bond donors (Lipinski definition) is 2. The van der Waals surface area contributed by atoms with Crippen LogP contribution in [0.3, 0.4) is 0 Å². The second kappa shape index (κ2) is 3.77. The topological polar surface area (TPSA) is 55.0 Å². The molecule has 3 aliphatic carbocycles. The zero-order valence-corrected chi connectivity index (χ0v) is 8.95. The Morgan fingerprint density at radius 3 is 1.29 bits per heavy atom. The third-order valence-corrected chi connectivity index (χ3v) is 4.16. The summed E-state index contributed by atoms with van der Waals surface area (Å²) >= 11 is 0. The molecular formula is C10H20N2O2. The van der Waals surface area contributed by atoms with E-state index < -0.39 is 0 Å². The van der Waals surface area contributed by atoms with Gasteiger partial charge in [-0.1, -0.05) is 0 Å². The smallest absolute Gasteiger partial charge is 0.143 e. The van der Waals surface area contributed by atoms with Gasteiger partial charge in [0.15, 0.2) is 0 Å². The number of likely N-dealkylation sites (N-methyl/N-ethyl adjacent to an activating group) is 2. The average Bonchev–Trinajstić information content (AvgIpc) is 2.17. The van der Waals surface area contributed by atoms with E-state index in [9.17, 15) is 10.4 Å². The maximum absolute atomic E-state index is 11.6. The van der Waals surface area contributed by atoms with Crippen LogP contribution < -0.4 is 10.1 Å². The Kier molecular flexibility index (Phi) is 2.79. The van der Waals surface area contributed by atoms with Crippen LogP contribution in [0.2, 0.25) is 0 Å². The van der Waals surface area contributed by atoms with E-state index >= 15 is 0 Å². The van der Waals surface area contributed by atoms with Crippen molar-refractivity contribution >= 4 is 0 Å². The van der Waals surface area contributed by atoms with E-state index in [1.807, 2.05) is 0 Å². The summed E-state index contributed by atoms with van der Waals surface area (Å²) in [4.78, 5) is 0. The zero-order valence-electron chi connectivity index (χ0n) is 8.95. The Labute approximate surface area is 85.0 Å². The second-order valence-electron chi connectivity index (χ2n) is 4.95. The molecule has 2 bridgehead atoms. The summed E-state index contributed by atoms with van der Waals surface area (Å²) in [7, 11) is 3.31. The van der Waals surface area contributed by atoms with Crippen molar-refractivity contribution < 1.29 is 10.1 Å². The maximum atomic E-state index is 11.6. The predicted octanol–water partition coefficient (Wildman–Crippen LogP) is -1.43. The molecule has 0 saturated heterocycles. The van der Waals surface area contributed by atoms with Gasteiger partial charge in [0.1, 0.15) is 12.1 Å².